The maximum absolute atomic E-state index is 12.6. The van der Waals surface area contributed by atoms with E-state index in [1.165, 1.54) is 0 Å². The molecule has 1 heterocycles. The van der Waals surface area contributed by atoms with Gasteiger partial charge in [-0.25, -0.2) is 0 Å². The summed E-state index contributed by atoms with van der Waals surface area (Å²) in [6, 6.07) is 12.3. The summed E-state index contributed by atoms with van der Waals surface area (Å²) in [5, 5.41) is 10.6. The smallest absolute Gasteiger partial charge is 0.258 e. The predicted molar refractivity (Wildman–Crippen MR) is 79.6 cm³/mol. The molecule has 0 aliphatic carbocycles. The fraction of sp³-hybridized carbons (Fsp3) is 0.188. The van der Waals surface area contributed by atoms with Gasteiger partial charge in [0.25, 0.3) is 5.91 Å². The van der Waals surface area contributed by atoms with E-state index in [1.54, 1.807) is 35.2 Å². The number of benzene rings is 2. The van der Waals surface area contributed by atoms with Crippen molar-refractivity contribution in [3.8, 4) is 5.75 Å². The van der Waals surface area contributed by atoms with Crippen LogP contribution < -0.4 is 4.90 Å². The lowest BCUT2D eigenvalue weighted by molar-refractivity contribution is 0.0984. The second-order valence-corrected chi connectivity index (χ2v) is 5.29. The maximum atomic E-state index is 12.6. The van der Waals surface area contributed by atoms with Crippen molar-refractivity contribution in [1.82, 2.24) is 0 Å². The van der Waals surface area contributed by atoms with Crippen LogP contribution in [0.4, 0.5) is 5.69 Å². The summed E-state index contributed by atoms with van der Waals surface area (Å²) in [5.74, 6) is 0.0209. The summed E-state index contributed by atoms with van der Waals surface area (Å²) in [7, 11) is 0. The van der Waals surface area contributed by atoms with Crippen LogP contribution in [0.1, 0.15) is 22.3 Å². The second kappa shape index (κ2) is 5.17. The predicted octanol–water partition coefficient (Wildman–Crippen LogP) is 3.64. The van der Waals surface area contributed by atoms with Crippen LogP contribution in [0.3, 0.4) is 0 Å². The monoisotopic (exact) mass is 287 g/mol. The number of fused-ring (bicyclic) bond motifs is 1. The Kier molecular flexibility index (Phi) is 3.36. The average molecular weight is 288 g/mol. The number of hydrogen-bond donors (Lipinski definition) is 1. The largest absolute Gasteiger partial charge is 0.506 e. The summed E-state index contributed by atoms with van der Waals surface area (Å²) in [5.41, 5.74) is 2.17. The van der Waals surface area contributed by atoms with E-state index in [-0.39, 0.29) is 11.7 Å². The van der Waals surface area contributed by atoms with Crippen molar-refractivity contribution >= 4 is 23.2 Å². The van der Waals surface area contributed by atoms with Crippen molar-refractivity contribution in [2.45, 2.75) is 12.8 Å². The summed E-state index contributed by atoms with van der Waals surface area (Å²) < 4.78 is 0. The number of hydrogen-bond acceptors (Lipinski definition) is 2. The van der Waals surface area contributed by atoms with Gasteiger partial charge >= 0.3 is 0 Å². The van der Waals surface area contributed by atoms with Gasteiger partial charge in [0.05, 0.1) is 5.69 Å². The molecule has 1 aliphatic heterocycles. The summed E-state index contributed by atoms with van der Waals surface area (Å²) in [6.07, 6.45) is 1.77. The van der Waals surface area contributed by atoms with Gasteiger partial charge in [-0.15, -0.1) is 0 Å². The van der Waals surface area contributed by atoms with Gasteiger partial charge in [-0.1, -0.05) is 29.8 Å². The molecular weight excluding hydrogens is 274 g/mol. The van der Waals surface area contributed by atoms with Gasteiger partial charge in [-0.05, 0) is 42.7 Å². The second-order valence-electron chi connectivity index (χ2n) is 4.86. The Morgan fingerprint density at radius 3 is 2.80 bits per heavy atom. The zero-order valence-electron chi connectivity index (χ0n) is 10.8. The number of anilines is 1. The number of rotatable bonds is 1. The molecule has 0 atom stereocenters. The van der Waals surface area contributed by atoms with Crippen LogP contribution in [-0.4, -0.2) is 17.6 Å². The van der Waals surface area contributed by atoms with Crippen LogP contribution in [-0.2, 0) is 6.42 Å². The molecule has 0 radical (unpaired) electrons. The van der Waals surface area contributed by atoms with E-state index in [9.17, 15) is 9.90 Å². The van der Waals surface area contributed by atoms with E-state index < -0.39 is 0 Å². The molecule has 102 valence electrons. The first-order valence-electron chi connectivity index (χ1n) is 6.55. The van der Waals surface area contributed by atoms with Crippen molar-refractivity contribution in [3.63, 3.8) is 0 Å². The number of phenolic OH excluding ortho intramolecular Hbond substituents is 1. The molecule has 1 N–H and O–H groups in total. The highest BCUT2D eigenvalue weighted by Gasteiger charge is 2.26. The molecule has 0 saturated carbocycles. The molecule has 0 bridgehead atoms. The van der Waals surface area contributed by atoms with Gasteiger partial charge in [0.15, 0.2) is 0 Å². The topological polar surface area (TPSA) is 40.5 Å². The molecule has 2 aromatic carbocycles. The molecule has 0 saturated heterocycles. The van der Waals surface area contributed by atoms with E-state index in [1.807, 2.05) is 12.1 Å². The van der Waals surface area contributed by atoms with Gasteiger partial charge in [0.2, 0.25) is 0 Å². The first-order valence-corrected chi connectivity index (χ1v) is 6.93. The lowest BCUT2D eigenvalue weighted by atomic mass is 10.00. The normalized spacial score (nSPS) is 13.9. The number of carbonyl (C=O) groups excluding carboxylic acids is 1. The highest BCUT2D eigenvalue weighted by molar-refractivity contribution is 6.31. The van der Waals surface area contributed by atoms with Crippen LogP contribution in [0.25, 0.3) is 0 Å². The average Bonchev–Trinajstić information content (AvgIpc) is 2.46. The first-order chi connectivity index (χ1) is 9.66. The number of carbonyl (C=O) groups is 1. The van der Waals surface area contributed by atoms with Gasteiger partial charge in [0, 0.05) is 17.1 Å². The molecule has 4 heteroatoms. The quantitative estimate of drug-likeness (QED) is 0.870. The van der Waals surface area contributed by atoms with E-state index >= 15 is 0 Å². The highest BCUT2D eigenvalue weighted by Crippen LogP contribution is 2.36. The third-order valence-corrected chi connectivity index (χ3v) is 3.75. The number of nitrogens with zero attached hydrogens (tertiary/aromatic N) is 1. The number of aromatic hydroxyl groups is 1. The van der Waals surface area contributed by atoms with Crippen LogP contribution in [0.2, 0.25) is 5.02 Å². The van der Waals surface area contributed by atoms with Gasteiger partial charge in [-0.2, -0.15) is 0 Å². The molecular formula is C16H14ClNO2. The summed E-state index contributed by atoms with van der Waals surface area (Å²) in [4.78, 5) is 14.3. The van der Waals surface area contributed by atoms with Gasteiger partial charge < -0.3 is 10.0 Å². The van der Waals surface area contributed by atoms with Crippen molar-refractivity contribution < 1.29 is 9.90 Å². The van der Waals surface area contributed by atoms with Crippen LogP contribution >= 0.6 is 11.6 Å². The maximum Gasteiger partial charge on any atom is 0.258 e. The van der Waals surface area contributed by atoms with E-state index in [2.05, 4.69) is 0 Å². The Labute approximate surface area is 122 Å². The Hall–Kier alpha value is -2.00. The van der Waals surface area contributed by atoms with Crippen LogP contribution in [0.15, 0.2) is 42.5 Å². The molecule has 3 nitrogen and oxygen atoms in total. The third-order valence-electron chi connectivity index (χ3n) is 3.51. The van der Waals surface area contributed by atoms with Crippen molar-refractivity contribution in [2.75, 3.05) is 11.4 Å². The molecule has 0 unspecified atom stereocenters. The Balaban J connectivity index is 2.03. The number of para-hydroxylation sites is 1. The summed E-state index contributed by atoms with van der Waals surface area (Å²) in [6.45, 7) is 0.607. The zero-order chi connectivity index (χ0) is 14.1. The molecule has 1 amide bonds. The minimum atomic E-state index is -0.130. The standard InChI is InChI=1S/C16H14ClNO2/c17-13-7-1-5-12(10-13)16(20)18-9-3-6-11-4-2-8-14(19)15(11)18/h1-2,4-5,7-8,10,19H,3,6,9H2. The minimum Gasteiger partial charge on any atom is -0.506 e. The molecule has 0 spiro atoms. The van der Waals surface area contributed by atoms with Crippen molar-refractivity contribution in [3.05, 3.63) is 58.6 Å². The Bertz CT molecular complexity index is 669. The minimum absolute atomic E-state index is 0.130. The van der Waals surface area contributed by atoms with Crippen molar-refractivity contribution in [1.29, 1.82) is 0 Å². The number of phenols is 1. The lowest BCUT2D eigenvalue weighted by Gasteiger charge is -2.30. The zero-order valence-corrected chi connectivity index (χ0v) is 11.6. The van der Waals surface area contributed by atoms with Crippen LogP contribution in [0, 0.1) is 0 Å². The molecule has 2 aromatic rings. The van der Waals surface area contributed by atoms with Gasteiger partial charge in [-0.3, -0.25) is 4.79 Å². The number of aryl methyl sites for hydroxylation is 1. The van der Waals surface area contributed by atoms with E-state index in [0.29, 0.717) is 22.8 Å². The molecule has 0 aromatic heterocycles. The van der Waals surface area contributed by atoms with E-state index in [0.717, 1.165) is 18.4 Å². The fourth-order valence-corrected chi connectivity index (χ4v) is 2.80. The lowest BCUT2D eigenvalue weighted by Crippen LogP contribution is -2.35. The third kappa shape index (κ3) is 2.25. The van der Waals surface area contributed by atoms with Crippen LogP contribution in [0.5, 0.6) is 5.75 Å². The Morgan fingerprint density at radius 2 is 2.00 bits per heavy atom. The number of amides is 1. The molecule has 1 aliphatic rings. The molecule has 3 rings (SSSR count). The van der Waals surface area contributed by atoms with Gasteiger partial charge in [0.1, 0.15) is 5.75 Å². The molecule has 20 heavy (non-hydrogen) atoms. The first kappa shape index (κ1) is 13.0. The number of halogens is 1. The SMILES string of the molecule is O=C(c1cccc(Cl)c1)N1CCCc2cccc(O)c21. The Morgan fingerprint density at radius 1 is 1.20 bits per heavy atom. The van der Waals surface area contributed by atoms with E-state index in [4.69, 9.17) is 11.6 Å². The summed E-state index contributed by atoms with van der Waals surface area (Å²) >= 11 is 5.94. The highest BCUT2D eigenvalue weighted by atomic mass is 35.5. The fourth-order valence-electron chi connectivity index (χ4n) is 2.61. The molecule has 0 fully saturated rings. The van der Waals surface area contributed by atoms with Crippen molar-refractivity contribution in [2.24, 2.45) is 0 Å².